The van der Waals surface area contributed by atoms with Crippen LogP contribution in [0.25, 0.3) is 6.08 Å². The highest BCUT2D eigenvalue weighted by molar-refractivity contribution is 5.64. The number of halogens is 6. The summed E-state index contributed by atoms with van der Waals surface area (Å²) in [6, 6.07) is 7.77. The summed E-state index contributed by atoms with van der Waals surface area (Å²) in [6.45, 7) is 0.278. The number of nitrogens with zero attached hydrogens (tertiary/aromatic N) is 1. The maximum Gasteiger partial charge on any atom is 0.506 e. The molecule has 0 saturated carbocycles. The van der Waals surface area contributed by atoms with Gasteiger partial charge in [-0.25, -0.2) is 4.79 Å². The van der Waals surface area contributed by atoms with Crippen molar-refractivity contribution in [2.45, 2.75) is 37.9 Å². The van der Waals surface area contributed by atoms with E-state index >= 15 is 0 Å². The van der Waals surface area contributed by atoms with E-state index in [9.17, 15) is 31.1 Å². The van der Waals surface area contributed by atoms with Crippen LogP contribution < -0.4 is 14.2 Å². The number of benzene rings is 2. The van der Waals surface area contributed by atoms with E-state index in [1.807, 2.05) is 6.08 Å². The van der Waals surface area contributed by atoms with Crippen LogP contribution in [0.5, 0.6) is 17.2 Å². The first-order valence-corrected chi connectivity index (χ1v) is 12.0. The Bertz CT molecular complexity index is 1200. The van der Waals surface area contributed by atoms with Gasteiger partial charge in [-0.2, -0.15) is 26.3 Å². The Labute approximate surface area is 219 Å². The monoisotopic (exact) mass is 561 g/mol. The summed E-state index contributed by atoms with van der Waals surface area (Å²) in [5, 5.41) is 8.74. The van der Waals surface area contributed by atoms with Gasteiger partial charge in [0, 0.05) is 31.3 Å². The average molecular weight is 561 g/mol. The van der Waals surface area contributed by atoms with Gasteiger partial charge in [0.1, 0.15) is 36.6 Å². The van der Waals surface area contributed by atoms with Crippen molar-refractivity contribution in [2.24, 2.45) is 0 Å². The smallest absolute Gasteiger partial charge is 0.489 e. The average Bonchev–Trinajstić information content (AvgIpc) is 2.86. The van der Waals surface area contributed by atoms with E-state index in [-0.39, 0.29) is 18.3 Å². The number of hydrogen-bond donors (Lipinski definition) is 1. The molecular weight excluding hydrogens is 536 g/mol. The fraction of sp³-hybridized carbons (Fsp3) is 0.423. The van der Waals surface area contributed by atoms with E-state index in [4.69, 9.17) is 19.3 Å². The molecule has 0 radical (unpaired) electrons. The third-order valence-corrected chi connectivity index (χ3v) is 6.13. The largest absolute Gasteiger partial charge is 0.506 e. The number of carboxylic acid groups (broad SMARTS) is 1. The number of carbonyl (C=O) groups is 1. The van der Waals surface area contributed by atoms with E-state index in [0.29, 0.717) is 56.6 Å². The van der Waals surface area contributed by atoms with Gasteiger partial charge in [-0.1, -0.05) is 6.07 Å². The number of piperidine rings is 1. The number of fused-ring (bicyclic) bond motifs is 1. The molecular formula is C26H25F6NO6. The van der Waals surface area contributed by atoms with Crippen LogP contribution in [-0.2, 0) is 17.5 Å². The lowest BCUT2D eigenvalue weighted by molar-refractivity contribution is -0.158. The van der Waals surface area contributed by atoms with Gasteiger partial charge >= 0.3 is 18.5 Å². The van der Waals surface area contributed by atoms with Gasteiger partial charge in [-0.05, 0) is 54.3 Å². The molecule has 39 heavy (non-hydrogen) atoms. The van der Waals surface area contributed by atoms with Crippen LogP contribution in [0.15, 0.2) is 42.0 Å². The van der Waals surface area contributed by atoms with Crippen LogP contribution in [0.3, 0.4) is 0 Å². The summed E-state index contributed by atoms with van der Waals surface area (Å²) < 4.78 is 98.0. The number of ether oxygens (including phenoxy) is 4. The second-order valence-corrected chi connectivity index (χ2v) is 9.17. The van der Waals surface area contributed by atoms with Crippen LogP contribution in [0.2, 0.25) is 0 Å². The molecule has 2 aromatic rings. The predicted octanol–water partition coefficient (Wildman–Crippen LogP) is 6.16. The molecule has 2 aromatic carbocycles. The minimum atomic E-state index is -4.91. The molecule has 2 aliphatic heterocycles. The predicted molar refractivity (Wildman–Crippen MR) is 126 cm³/mol. The van der Waals surface area contributed by atoms with Crippen molar-refractivity contribution < 1.29 is 55.2 Å². The Morgan fingerprint density at radius 1 is 1.03 bits per heavy atom. The quantitative estimate of drug-likeness (QED) is 0.306. The van der Waals surface area contributed by atoms with Crippen molar-refractivity contribution in [3.63, 3.8) is 0 Å². The Morgan fingerprint density at radius 3 is 2.44 bits per heavy atom. The molecule has 212 valence electrons. The molecule has 1 fully saturated rings. The molecule has 0 aromatic heterocycles. The molecule has 0 amide bonds. The van der Waals surface area contributed by atoms with Gasteiger partial charge in [0.05, 0.1) is 5.56 Å². The lowest BCUT2D eigenvalue weighted by Gasteiger charge is -2.32. The summed E-state index contributed by atoms with van der Waals surface area (Å²) in [4.78, 5) is 12.9. The Hall–Kier alpha value is -3.61. The minimum Gasteiger partial charge on any atom is -0.489 e. The van der Waals surface area contributed by atoms with Crippen molar-refractivity contribution in [1.29, 1.82) is 0 Å². The third-order valence-electron chi connectivity index (χ3n) is 6.13. The molecule has 0 unspecified atom stereocenters. The van der Waals surface area contributed by atoms with E-state index in [2.05, 4.69) is 9.64 Å². The van der Waals surface area contributed by atoms with Crippen molar-refractivity contribution in [1.82, 2.24) is 4.90 Å². The van der Waals surface area contributed by atoms with Gasteiger partial charge in [-0.15, -0.1) is 0 Å². The van der Waals surface area contributed by atoms with Crippen molar-refractivity contribution in [2.75, 3.05) is 32.8 Å². The fourth-order valence-electron chi connectivity index (χ4n) is 4.33. The zero-order valence-electron chi connectivity index (χ0n) is 20.5. The van der Waals surface area contributed by atoms with Gasteiger partial charge < -0.3 is 24.1 Å². The van der Waals surface area contributed by atoms with Crippen LogP contribution in [0, 0.1) is 0 Å². The molecule has 0 bridgehead atoms. The van der Waals surface area contributed by atoms with Crippen LogP contribution in [0.4, 0.5) is 31.1 Å². The van der Waals surface area contributed by atoms with E-state index in [1.54, 1.807) is 18.2 Å². The summed E-state index contributed by atoms with van der Waals surface area (Å²) in [6.07, 6.45) is -8.03. The molecule has 0 atom stereocenters. The van der Waals surface area contributed by atoms with Crippen LogP contribution in [0.1, 0.15) is 29.5 Å². The second kappa shape index (κ2) is 11.6. The van der Waals surface area contributed by atoms with Gasteiger partial charge in [-0.3, -0.25) is 4.90 Å². The Morgan fingerprint density at radius 2 is 1.77 bits per heavy atom. The van der Waals surface area contributed by atoms with E-state index < -0.39 is 36.4 Å². The van der Waals surface area contributed by atoms with Crippen molar-refractivity contribution in [3.05, 3.63) is 58.7 Å². The molecule has 13 heteroatoms. The first kappa shape index (κ1) is 28.4. The zero-order valence-corrected chi connectivity index (χ0v) is 20.5. The maximum absolute atomic E-state index is 13.4. The summed E-state index contributed by atoms with van der Waals surface area (Å²) in [5.74, 6) is -0.0277. The van der Waals surface area contributed by atoms with Gasteiger partial charge in [0.25, 0.3) is 0 Å². The highest BCUT2D eigenvalue weighted by Gasteiger charge is 2.36. The number of likely N-dealkylation sites (tertiary alicyclic amines) is 1. The first-order chi connectivity index (χ1) is 18.4. The topological polar surface area (TPSA) is 77.5 Å². The lowest BCUT2D eigenvalue weighted by Crippen LogP contribution is -2.39. The Balaban J connectivity index is 1.35. The molecule has 0 spiro atoms. The molecule has 1 N–H and O–H groups in total. The highest BCUT2D eigenvalue weighted by Crippen LogP contribution is 2.38. The SMILES string of the molecule is O=C(O)OC1CCN(CC2=Cc3ccc(OCc4ccc(OCC(F)(F)F)c(C(F)(F)F)c4)cc3OC2)CC1. The Kier molecular flexibility index (Phi) is 8.48. The summed E-state index contributed by atoms with van der Waals surface area (Å²) in [7, 11) is 0. The van der Waals surface area contributed by atoms with Gasteiger partial charge in [0.2, 0.25) is 0 Å². The van der Waals surface area contributed by atoms with Crippen molar-refractivity contribution >= 4 is 12.2 Å². The third kappa shape index (κ3) is 8.19. The van der Waals surface area contributed by atoms with Gasteiger partial charge in [0.15, 0.2) is 6.61 Å². The summed E-state index contributed by atoms with van der Waals surface area (Å²) in [5.41, 5.74) is 0.609. The molecule has 0 aliphatic carbocycles. The fourth-order valence-corrected chi connectivity index (χ4v) is 4.33. The van der Waals surface area contributed by atoms with E-state index in [0.717, 1.165) is 17.2 Å². The molecule has 2 heterocycles. The zero-order chi connectivity index (χ0) is 28.2. The summed E-state index contributed by atoms with van der Waals surface area (Å²) >= 11 is 0. The standard InChI is InChI=1S/C26H25F6NO6/c27-25(28,29)15-38-22-4-1-16(10-21(22)26(30,31)32)13-36-20-3-2-18-9-17(14-37-23(18)11-20)12-33-7-5-19(6-8-33)39-24(34)35/h1-4,9-11,19H,5-8,12-15H2,(H,34,35). The van der Waals surface area contributed by atoms with Crippen LogP contribution in [-0.4, -0.2) is 61.3 Å². The highest BCUT2D eigenvalue weighted by atomic mass is 19.4. The van der Waals surface area contributed by atoms with Crippen molar-refractivity contribution in [3.8, 4) is 17.2 Å². The minimum absolute atomic E-state index is 0.0973. The second-order valence-electron chi connectivity index (χ2n) is 9.17. The molecule has 1 saturated heterocycles. The number of hydrogen-bond acceptors (Lipinski definition) is 6. The molecule has 7 nitrogen and oxygen atoms in total. The number of alkyl halides is 6. The maximum atomic E-state index is 13.4. The van der Waals surface area contributed by atoms with E-state index in [1.165, 1.54) is 6.07 Å². The number of rotatable bonds is 8. The molecule has 4 rings (SSSR count). The van der Waals surface area contributed by atoms with Crippen LogP contribution >= 0.6 is 0 Å². The molecule has 2 aliphatic rings. The normalized spacial score (nSPS) is 16.6. The lowest BCUT2D eigenvalue weighted by atomic mass is 10.0. The first-order valence-electron chi connectivity index (χ1n) is 12.0.